The number of nitrogens with zero attached hydrogens (tertiary/aromatic N) is 2. The monoisotopic (exact) mass is 366 g/mol. The van der Waals surface area contributed by atoms with E-state index in [1.54, 1.807) is 31.3 Å². The minimum atomic E-state index is -0.459. The molecule has 0 spiro atoms. The van der Waals surface area contributed by atoms with E-state index in [0.29, 0.717) is 17.9 Å². The van der Waals surface area contributed by atoms with Crippen molar-refractivity contribution in [1.29, 1.82) is 0 Å². The van der Waals surface area contributed by atoms with Crippen LogP contribution in [0.15, 0.2) is 42.5 Å². The zero-order valence-electron chi connectivity index (χ0n) is 15.5. The van der Waals surface area contributed by atoms with Crippen molar-refractivity contribution in [2.24, 2.45) is 0 Å². The molecule has 0 unspecified atom stereocenters. The highest BCUT2D eigenvalue weighted by atomic mass is 16.5. The van der Waals surface area contributed by atoms with E-state index in [1.165, 1.54) is 0 Å². The van der Waals surface area contributed by atoms with Gasteiger partial charge in [0.2, 0.25) is 0 Å². The molecule has 0 radical (unpaired) electrons. The molecule has 0 N–H and O–H groups in total. The summed E-state index contributed by atoms with van der Waals surface area (Å²) in [5, 5.41) is 0. The standard InChI is InChI=1S/C21H22N2O4/c1-26-14-9-10-19(27-2)16(12-14)17-8-5-11-22(17)13-23-18-7-4-3-6-15(18)20(24)21(23)25/h3-4,6-7,9-10,12,17H,5,8,11,13H2,1-2H3/t17-/m1/s1. The molecular formula is C21H22N2O4. The van der Waals surface area contributed by atoms with Crippen molar-refractivity contribution < 1.29 is 19.1 Å². The number of carbonyl (C=O) groups excluding carboxylic acids is 2. The lowest BCUT2D eigenvalue weighted by atomic mass is 10.0. The van der Waals surface area contributed by atoms with Gasteiger partial charge in [-0.05, 0) is 43.2 Å². The Morgan fingerprint density at radius 2 is 1.89 bits per heavy atom. The lowest BCUT2D eigenvalue weighted by Crippen LogP contribution is -2.40. The van der Waals surface area contributed by atoms with Gasteiger partial charge in [0.15, 0.2) is 0 Å². The van der Waals surface area contributed by atoms with Crippen LogP contribution in [-0.2, 0) is 4.79 Å². The van der Waals surface area contributed by atoms with Gasteiger partial charge >= 0.3 is 5.91 Å². The van der Waals surface area contributed by atoms with Crippen LogP contribution in [0.5, 0.6) is 11.5 Å². The quantitative estimate of drug-likeness (QED) is 0.762. The van der Waals surface area contributed by atoms with E-state index >= 15 is 0 Å². The fourth-order valence-electron chi connectivity index (χ4n) is 4.02. The van der Waals surface area contributed by atoms with Crippen molar-refractivity contribution in [1.82, 2.24) is 4.90 Å². The number of benzene rings is 2. The Bertz CT molecular complexity index is 896. The molecule has 6 nitrogen and oxygen atoms in total. The topological polar surface area (TPSA) is 59.1 Å². The van der Waals surface area contributed by atoms with E-state index in [0.717, 1.165) is 36.4 Å². The second-order valence-corrected chi connectivity index (χ2v) is 6.80. The molecule has 2 heterocycles. The molecule has 0 bridgehead atoms. The number of methoxy groups -OCH3 is 2. The van der Waals surface area contributed by atoms with E-state index in [2.05, 4.69) is 4.90 Å². The number of para-hydroxylation sites is 1. The molecule has 6 heteroatoms. The first-order valence-electron chi connectivity index (χ1n) is 9.05. The first kappa shape index (κ1) is 17.5. The Balaban J connectivity index is 1.64. The summed E-state index contributed by atoms with van der Waals surface area (Å²) >= 11 is 0. The molecule has 27 heavy (non-hydrogen) atoms. The Kier molecular flexibility index (Phi) is 4.58. The highest BCUT2D eigenvalue weighted by molar-refractivity contribution is 6.52. The van der Waals surface area contributed by atoms with Crippen LogP contribution >= 0.6 is 0 Å². The second-order valence-electron chi connectivity index (χ2n) is 6.80. The molecule has 1 amide bonds. The minimum Gasteiger partial charge on any atom is -0.497 e. The number of anilines is 1. The molecule has 2 aromatic carbocycles. The van der Waals surface area contributed by atoms with Gasteiger partial charge in [0.05, 0.1) is 32.1 Å². The van der Waals surface area contributed by atoms with Crippen molar-refractivity contribution in [3.63, 3.8) is 0 Å². The van der Waals surface area contributed by atoms with Gasteiger partial charge in [-0.3, -0.25) is 19.4 Å². The van der Waals surface area contributed by atoms with Crippen molar-refractivity contribution >= 4 is 17.4 Å². The molecule has 2 aliphatic heterocycles. The Hall–Kier alpha value is -2.86. The van der Waals surface area contributed by atoms with Crippen molar-refractivity contribution in [3.05, 3.63) is 53.6 Å². The zero-order valence-corrected chi connectivity index (χ0v) is 15.5. The summed E-state index contributed by atoms with van der Waals surface area (Å²) < 4.78 is 10.9. The highest BCUT2D eigenvalue weighted by Crippen LogP contribution is 2.40. The molecule has 0 saturated carbocycles. The summed E-state index contributed by atoms with van der Waals surface area (Å²) in [7, 11) is 3.30. The Morgan fingerprint density at radius 1 is 1.07 bits per heavy atom. The van der Waals surface area contributed by atoms with Gasteiger partial charge in [0.1, 0.15) is 11.5 Å². The van der Waals surface area contributed by atoms with Crippen LogP contribution in [0.2, 0.25) is 0 Å². The molecular weight excluding hydrogens is 344 g/mol. The fraction of sp³-hybridized carbons (Fsp3) is 0.333. The third kappa shape index (κ3) is 2.96. The van der Waals surface area contributed by atoms with Crippen LogP contribution in [0, 0.1) is 0 Å². The number of amides is 1. The van der Waals surface area contributed by atoms with Crippen LogP contribution in [0.4, 0.5) is 5.69 Å². The molecule has 0 aliphatic carbocycles. The van der Waals surface area contributed by atoms with Crippen molar-refractivity contribution in [2.75, 3.05) is 32.3 Å². The summed E-state index contributed by atoms with van der Waals surface area (Å²) in [6.45, 7) is 1.23. The highest BCUT2D eigenvalue weighted by Gasteiger charge is 2.38. The number of Topliss-reactive ketones (excluding diaryl/α,β-unsaturated/α-hetero) is 1. The van der Waals surface area contributed by atoms with E-state index in [1.807, 2.05) is 30.3 Å². The average Bonchev–Trinajstić information content (AvgIpc) is 3.26. The molecule has 1 saturated heterocycles. The largest absolute Gasteiger partial charge is 0.497 e. The van der Waals surface area contributed by atoms with Gasteiger partial charge in [-0.15, -0.1) is 0 Å². The Labute approximate surface area is 158 Å². The maximum absolute atomic E-state index is 12.5. The number of hydrogen-bond acceptors (Lipinski definition) is 5. The van der Waals surface area contributed by atoms with Crippen LogP contribution in [0.25, 0.3) is 0 Å². The van der Waals surface area contributed by atoms with Gasteiger partial charge in [0, 0.05) is 18.2 Å². The lowest BCUT2D eigenvalue weighted by Gasteiger charge is -2.30. The van der Waals surface area contributed by atoms with Crippen molar-refractivity contribution in [3.8, 4) is 11.5 Å². The van der Waals surface area contributed by atoms with E-state index in [-0.39, 0.29) is 6.04 Å². The number of hydrogen-bond donors (Lipinski definition) is 0. The first-order chi connectivity index (χ1) is 13.1. The first-order valence-corrected chi connectivity index (χ1v) is 9.05. The number of ether oxygens (including phenoxy) is 2. The van der Waals surface area contributed by atoms with Crippen LogP contribution < -0.4 is 14.4 Å². The molecule has 140 valence electrons. The predicted molar refractivity (Wildman–Crippen MR) is 101 cm³/mol. The third-order valence-corrected chi connectivity index (χ3v) is 5.36. The zero-order chi connectivity index (χ0) is 19.0. The SMILES string of the molecule is COc1ccc(OC)c([C@H]2CCCN2CN2C(=O)C(=O)c3ccccc32)c1. The molecule has 1 fully saturated rings. The van der Waals surface area contributed by atoms with Crippen LogP contribution in [-0.4, -0.2) is 44.0 Å². The summed E-state index contributed by atoms with van der Waals surface area (Å²) in [6, 6.07) is 13.1. The molecule has 0 aromatic heterocycles. The van der Waals surface area contributed by atoms with Gasteiger partial charge in [-0.1, -0.05) is 12.1 Å². The average molecular weight is 366 g/mol. The van der Waals surface area contributed by atoms with Gasteiger partial charge in [-0.25, -0.2) is 0 Å². The van der Waals surface area contributed by atoms with E-state index < -0.39 is 11.7 Å². The summed E-state index contributed by atoms with van der Waals surface area (Å²) in [5.41, 5.74) is 2.22. The maximum Gasteiger partial charge on any atom is 0.300 e. The third-order valence-electron chi connectivity index (χ3n) is 5.36. The number of ketones is 1. The normalized spacial score (nSPS) is 19.5. The molecule has 2 aromatic rings. The molecule has 1 atom stereocenters. The minimum absolute atomic E-state index is 0.103. The van der Waals surface area contributed by atoms with Crippen molar-refractivity contribution in [2.45, 2.75) is 18.9 Å². The number of likely N-dealkylation sites (tertiary alicyclic amines) is 1. The lowest BCUT2D eigenvalue weighted by molar-refractivity contribution is -0.114. The molecule has 4 rings (SSSR count). The summed E-state index contributed by atoms with van der Waals surface area (Å²) in [4.78, 5) is 28.6. The van der Waals surface area contributed by atoms with E-state index in [4.69, 9.17) is 9.47 Å². The Morgan fingerprint density at radius 3 is 2.67 bits per heavy atom. The van der Waals surface area contributed by atoms with Crippen LogP contribution in [0.3, 0.4) is 0 Å². The van der Waals surface area contributed by atoms with Gasteiger partial charge < -0.3 is 9.47 Å². The van der Waals surface area contributed by atoms with Crippen LogP contribution in [0.1, 0.15) is 34.8 Å². The number of rotatable bonds is 5. The molecule has 2 aliphatic rings. The fourth-order valence-corrected chi connectivity index (χ4v) is 4.02. The second kappa shape index (κ2) is 7.04. The maximum atomic E-state index is 12.5. The summed E-state index contributed by atoms with van der Waals surface area (Å²) in [6.07, 6.45) is 1.98. The summed E-state index contributed by atoms with van der Waals surface area (Å²) in [5.74, 6) is 0.687. The van der Waals surface area contributed by atoms with E-state index in [9.17, 15) is 9.59 Å². The predicted octanol–water partition coefficient (Wildman–Crippen LogP) is 3.03. The number of fused-ring (bicyclic) bond motifs is 1. The smallest absolute Gasteiger partial charge is 0.300 e. The number of carbonyl (C=O) groups is 2. The van der Waals surface area contributed by atoms with Gasteiger partial charge in [0.25, 0.3) is 5.78 Å². The van der Waals surface area contributed by atoms with Gasteiger partial charge in [-0.2, -0.15) is 0 Å².